The smallest absolute Gasteiger partial charge is 0.220 e. The summed E-state index contributed by atoms with van der Waals surface area (Å²) in [6.07, 6.45) is 0. The molecule has 0 spiro atoms. The SMILES string of the molecule is Cc1nc(N)nc2ccccccccc12. The lowest BCUT2D eigenvalue weighted by Gasteiger charge is -1.99. The number of hydrogen-bond acceptors (Lipinski definition) is 3. The minimum atomic E-state index is 0.311. The van der Waals surface area contributed by atoms with Gasteiger partial charge in [-0.3, -0.25) is 0 Å². The number of fused-ring (bicyclic) bond motifs is 1. The van der Waals surface area contributed by atoms with E-state index in [0.29, 0.717) is 5.95 Å². The van der Waals surface area contributed by atoms with Gasteiger partial charge in [0.2, 0.25) is 5.95 Å². The molecule has 0 amide bonds. The Labute approximate surface area is 94.3 Å². The fourth-order valence-electron chi connectivity index (χ4n) is 1.51. The third-order valence-corrected chi connectivity index (χ3v) is 2.26. The molecule has 3 nitrogen and oxygen atoms in total. The second kappa shape index (κ2) is 4.57. The van der Waals surface area contributed by atoms with E-state index in [-0.39, 0.29) is 0 Å². The monoisotopic (exact) mass is 211 g/mol. The first-order valence-corrected chi connectivity index (χ1v) is 5.09. The summed E-state index contributed by atoms with van der Waals surface area (Å²) in [7, 11) is 0. The fraction of sp³-hybridized carbons (Fsp3) is 0.0769. The van der Waals surface area contributed by atoms with Crippen molar-refractivity contribution in [1.82, 2.24) is 9.97 Å². The molecule has 0 radical (unpaired) electrons. The Morgan fingerprint density at radius 3 is 2.25 bits per heavy atom. The summed E-state index contributed by atoms with van der Waals surface area (Å²) in [5, 5.41) is 1.01. The lowest BCUT2D eigenvalue weighted by atomic mass is 10.2. The van der Waals surface area contributed by atoms with E-state index in [4.69, 9.17) is 5.73 Å². The van der Waals surface area contributed by atoms with Crippen molar-refractivity contribution in [3.8, 4) is 0 Å². The van der Waals surface area contributed by atoms with Gasteiger partial charge in [-0.15, -0.1) is 0 Å². The molecule has 2 rings (SSSR count). The number of nitrogen functional groups attached to an aromatic ring is 1. The van der Waals surface area contributed by atoms with Crippen molar-refractivity contribution < 1.29 is 0 Å². The summed E-state index contributed by atoms with van der Waals surface area (Å²) < 4.78 is 0. The molecule has 2 aromatic rings. The van der Waals surface area contributed by atoms with Gasteiger partial charge in [0.15, 0.2) is 0 Å². The molecule has 0 fully saturated rings. The Hall–Kier alpha value is -2.16. The molecule has 1 aromatic carbocycles. The number of nitrogens with two attached hydrogens (primary N) is 1. The van der Waals surface area contributed by atoms with Gasteiger partial charge in [0.25, 0.3) is 0 Å². The van der Waals surface area contributed by atoms with Gasteiger partial charge >= 0.3 is 0 Å². The van der Waals surface area contributed by atoms with E-state index < -0.39 is 0 Å². The van der Waals surface area contributed by atoms with Gasteiger partial charge in [-0.1, -0.05) is 42.5 Å². The number of rotatable bonds is 0. The maximum atomic E-state index is 5.63. The van der Waals surface area contributed by atoms with Crippen LogP contribution in [-0.2, 0) is 0 Å². The first kappa shape index (κ1) is 10.4. The van der Waals surface area contributed by atoms with Crippen LogP contribution in [0.1, 0.15) is 5.69 Å². The zero-order valence-electron chi connectivity index (χ0n) is 9.09. The molecule has 0 saturated carbocycles. The zero-order valence-corrected chi connectivity index (χ0v) is 9.09. The van der Waals surface area contributed by atoms with Crippen LogP contribution < -0.4 is 5.73 Å². The summed E-state index contributed by atoms with van der Waals surface area (Å²) in [6, 6.07) is 15.7. The lowest BCUT2D eigenvalue weighted by Crippen LogP contribution is -1.96. The molecule has 0 aliphatic rings. The van der Waals surface area contributed by atoms with Gasteiger partial charge in [-0.25, -0.2) is 9.97 Å². The third-order valence-electron chi connectivity index (χ3n) is 2.26. The van der Waals surface area contributed by atoms with E-state index in [1.807, 2.05) is 55.5 Å². The molecule has 0 bridgehead atoms. The quantitative estimate of drug-likeness (QED) is 0.728. The van der Waals surface area contributed by atoms with Gasteiger partial charge in [0.1, 0.15) is 0 Å². The van der Waals surface area contributed by atoms with Crippen LogP contribution in [0.3, 0.4) is 0 Å². The van der Waals surface area contributed by atoms with Crippen LogP contribution >= 0.6 is 0 Å². The van der Waals surface area contributed by atoms with Crippen LogP contribution in [0.5, 0.6) is 0 Å². The highest BCUT2D eigenvalue weighted by Gasteiger charge is 1.98. The van der Waals surface area contributed by atoms with Gasteiger partial charge < -0.3 is 5.73 Å². The summed E-state index contributed by atoms with van der Waals surface area (Å²) in [6.45, 7) is 1.93. The molecule has 0 aliphatic carbocycles. The normalized spacial score (nSPS) is 9.81. The summed E-state index contributed by atoms with van der Waals surface area (Å²) >= 11 is 0. The summed E-state index contributed by atoms with van der Waals surface area (Å²) in [4.78, 5) is 8.37. The van der Waals surface area contributed by atoms with E-state index in [1.54, 1.807) is 0 Å². The molecule has 16 heavy (non-hydrogen) atoms. The van der Waals surface area contributed by atoms with Crippen molar-refractivity contribution in [3.05, 3.63) is 54.2 Å². The van der Waals surface area contributed by atoms with E-state index in [0.717, 1.165) is 16.6 Å². The molecule has 3 heteroatoms. The molecule has 0 atom stereocenters. The molecule has 1 heterocycles. The predicted octanol–water partition coefficient (Wildman–Crippen LogP) is 2.64. The molecule has 0 aliphatic heterocycles. The van der Waals surface area contributed by atoms with Gasteiger partial charge in [0.05, 0.1) is 11.2 Å². The largest absolute Gasteiger partial charge is 0.368 e. The van der Waals surface area contributed by atoms with Gasteiger partial charge in [-0.2, -0.15) is 0 Å². The molecule has 80 valence electrons. The zero-order chi connectivity index (χ0) is 11.4. The first-order chi connectivity index (χ1) is 7.77. The van der Waals surface area contributed by atoms with Crippen molar-refractivity contribution in [3.63, 3.8) is 0 Å². The number of nitrogens with zero attached hydrogens (tertiary/aromatic N) is 2. The van der Waals surface area contributed by atoms with E-state index in [2.05, 4.69) is 9.97 Å². The Bertz CT molecular complexity index is 563. The molecular weight excluding hydrogens is 198 g/mol. The standard InChI is InChI=1S/C13H13N3/c1-10-11-8-6-4-2-3-5-7-9-12(11)16-13(14)15-10/h2-9H,1H3,(H2,14,15,16). The van der Waals surface area contributed by atoms with Crippen LogP contribution in [-0.4, -0.2) is 9.97 Å². The number of hydrogen-bond donors (Lipinski definition) is 1. The summed E-state index contributed by atoms with van der Waals surface area (Å²) in [5.74, 6) is 0.311. The maximum Gasteiger partial charge on any atom is 0.220 e. The number of aryl methyl sites for hydroxylation is 1. The summed E-state index contributed by atoms with van der Waals surface area (Å²) in [5.41, 5.74) is 7.37. The lowest BCUT2D eigenvalue weighted by molar-refractivity contribution is 1.17. The second-order valence-corrected chi connectivity index (χ2v) is 3.45. The average Bonchev–Trinajstić information content (AvgIpc) is 2.25. The maximum absolute atomic E-state index is 5.63. The fourth-order valence-corrected chi connectivity index (χ4v) is 1.51. The van der Waals surface area contributed by atoms with Crippen LogP contribution in [0, 0.1) is 6.92 Å². The van der Waals surface area contributed by atoms with Gasteiger partial charge in [-0.05, 0) is 13.0 Å². The Morgan fingerprint density at radius 1 is 0.875 bits per heavy atom. The highest BCUT2D eigenvalue weighted by Crippen LogP contribution is 2.12. The second-order valence-electron chi connectivity index (χ2n) is 3.45. The van der Waals surface area contributed by atoms with E-state index >= 15 is 0 Å². The molecular formula is C13H13N3. The molecule has 0 unspecified atom stereocenters. The van der Waals surface area contributed by atoms with E-state index in [9.17, 15) is 0 Å². The highest BCUT2D eigenvalue weighted by atomic mass is 15.0. The van der Waals surface area contributed by atoms with Crippen molar-refractivity contribution in [2.75, 3.05) is 5.73 Å². The topological polar surface area (TPSA) is 51.8 Å². The van der Waals surface area contributed by atoms with Crippen LogP contribution in [0.2, 0.25) is 0 Å². The Morgan fingerprint density at radius 2 is 1.50 bits per heavy atom. The first-order valence-electron chi connectivity index (χ1n) is 5.09. The van der Waals surface area contributed by atoms with Gasteiger partial charge in [0, 0.05) is 5.39 Å². The van der Waals surface area contributed by atoms with Crippen molar-refractivity contribution in [1.29, 1.82) is 0 Å². The average molecular weight is 211 g/mol. The minimum Gasteiger partial charge on any atom is -0.368 e. The van der Waals surface area contributed by atoms with E-state index in [1.165, 1.54) is 0 Å². The van der Waals surface area contributed by atoms with Crippen molar-refractivity contribution in [2.24, 2.45) is 0 Å². The van der Waals surface area contributed by atoms with Crippen LogP contribution in [0.25, 0.3) is 10.9 Å². The molecule has 2 N–H and O–H groups in total. The third kappa shape index (κ3) is 2.25. The Balaban J connectivity index is 2.85. The Kier molecular flexibility index (Phi) is 2.96. The van der Waals surface area contributed by atoms with Crippen molar-refractivity contribution in [2.45, 2.75) is 6.92 Å². The molecule has 1 aromatic heterocycles. The number of aromatic nitrogens is 2. The predicted molar refractivity (Wildman–Crippen MR) is 66.3 cm³/mol. The number of anilines is 1. The van der Waals surface area contributed by atoms with Crippen LogP contribution in [0.4, 0.5) is 5.95 Å². The van der Waals surface area contributed by atoms with Crippen molar-refractivity contribution >= 4 is 16.9 Å². The molecule has 0 saturated heterocycles. The highest BCUT2D eigenvalue weighted by molar-refractivity contribution is 5.80. The van der Waals surface area contributed by atoms with Crippen LogP contribution in [0.15, 0.2) is 48.5 Å². The minimum absolute atomic E-state index is 0.311.